The molecular weight excluding hydrogens is 270 g/mol. The van der Waals surface area contributed by atoms with Gasteiger partial charge in [0, 0.05) is 11.8 Å². The van der Waals surface area contributed by atoms with E-state index in [1.807, 2.05) is 0 Å². The summed E-state index contributed by atoms with van der Waals surface area (Å²) in [6.07, 6.45) is 0. The molecule has 7 heteroatoms. The van der Waals surface area contributed by atoms with E-state index in [4.69, 9.17) is 5.73 Å². The lowest BCUT2D eigenvalue weighted by Crippen LogP contribution is -2.18. The molecule has 0 amide bonds. The molecule has 0 radical (unpaired) electrons. The highest BCUT2D eigenvalue weighted by Crippen LogP contribution is 2.27. The van der Waals surface area contributed by atoms with E-state index in [1.54, 1.807) is 12.1 Å². The molecule has 0 bridgehead atoms. The third-order valence-electron chi connectivity index (χ3n) is 1.41. The number of nitro groups is 1. The van der Waals surface area contributed by atoms with Gasteiger partial charge >= 0.3 is 0 Å². The lowest BCUT2D eigenvalue weighted by molar-refractivity contribution is -0.385. The largest absolute Gasteiger partial charge is 0.376 e. The van der Waals surface area contributed by atoms with E-state index in [-0.39, 0.29) is 10.8 Å². The van der Waals surface area contributed by atoms with Crippen LogP contribution in [-0.4, -0.2) is 10.0 Å². The summed E-state index contributed by atoms with van der Waals surface area (Å²) in [7, 11) is 0. The zero-order valence-corrected chi connectivity index (χ0v) is 9.26. The number of hydrogen-bond acceptors (Lipinski definition) is 3. The number of nitro benzene ring substituents is 1. The molecule has 0 fully saturated rings. The molecule has 0 saturated heterocycles. The summed E-state index contributed by atoms with van der Waals surface area (Å²) in [6, 6.07) is 4.54. The molecule has 5 nitrogen and oxygen atoms in total. The first-order valence-corrected chi connectivity index (χ1v) is 4.71. The zero-order chi connectivity index (χ0) is 10.7. The zero-order valence-electron chi connectivity index (χ0n) is 6.86. The maximum Gasteiger partial charge on any atom is 0.285 e. The maximum absolute atomic E-state index is 10.5. The molecule has 0 aliphatic carbocycles. The molecular formula is C7H6BrN3O2S. The summed E-state index contributed by atoms with van der Waals surface area (Å²) in [5, 5.41) is 13.2. The van der Waals surface area contributed by atoms with Crippen molar-refractivity contribution >= 4 is 44.6 Å². The van der Waals surface area contributed by atoms with Crippen molar-refractivity contribution in [2.45, 2.75) is 0 Å². The van der Waals surface area contributed by atoms with Crippen molar-refractivity contribution in [3.63, 3.8) is 0 Å². The normalized spacial score (nSPS) is 9.50. The van der Waals surface area contributed by atoms with Gasteiger partial charge in [0.05, 0.1) is 9.40 Å². The van der Waals surface area contributed by atoms with Crippen molar-refractivity contribution in [1.29, 1.82) is 0 Å². The van der Waals surface area contributed by atoms with Crippen molar-refractivity contribution in [1.82, 2.24) is 0 Å². The molecule has 1 aromatic rings. The smallest absolute Gasteiger partial charge is 0.285 e. The Morgan fingerprint density at radius 2 is 2.29 bits per heavy atom. The van der Waals surface area contributed by atoms with Gasteiger partial charge in [0.1, 0.15) is 0 Å². The highest BCUT2D eigenvalue weighted by molar-refractivity contribution is 9.10. The van der Waals surface area contributed by atoms with E-state index in [0.29, 0.717) is 10.2 Å². The van der Waals surface area contributed by atoms with Crippen LogP contribution in [-0.2, 0) is 0 Å². The highest BCUT2D eigenvalue weighted by Gasteiger charge is 2.12. The molecule has 0 saturated carbocycles. The molecule has 3 N–H and O–H groups in total. The van der Waals surface area contributed by atoms with E-state index < -0.39 is 4.92 Å². The molecule has 0 aliphatic rings. The van der Waals surface area contributed by atoms with Crippen molar-refractivity contribution in [2.75, 3.05) is 5.32 Å². The second-order valence-electron chi connectivity index (χ2n) is 2.41. The van der Waals surface area contributed by atoms with E-state index in [9.17, 15) is 10.1 Å². The van der Waals surface area contributed by atoms with Crippen LogP contribution in [0.15, 0.2) is 22.7 Å². The second kappa shape index (κ2) is 4.34. The lowest BCUT2D eigenvalue weighted by atomic mass is 10.3. The van der Waals surface area contributed by atoms with Crippen molar-refractivity contribution in [3.05, 3.63) is 32.8 Å². The minimum atomic E-state index is -0.491. The number of nitrogens with one attached hydrogen (secondary N) is 1. The van der Waals surface area contributed by atoms with Crippen LogP contribution in [0.4, 0.5) is 11.4 Å². The number of halogens is 1. The van der Waals surface area contributed by atoms with Gasteiger partial charge in [-0.05, 0) is 40.3 Å². The highest BCUT2D eigenvalue weighted by atomic mass is 79.9. The van der Waals surface area contributed by atoms with Crippen LogP contribution in [0.1, 0.15) is 0 Å². The molecule has 0 heterocycles. The number of anilines is 1. The third kappa shape index (κ3) is 2.64. The van der Waals surface area contributed by atoms with Gasteiger partial charge in [0.25, 0.3) is 5.69 Å². The molecule has 1 rings (SSSR count). The van der Waals surface area contributed by atoms with E-state index >= 15 is 0 Å². The summed E-state index contributed by atoms with van der Waals surface area (Å²) in [5.74, 6) is 0. The molecule has 0 aliphatic heterocycles. The summed E-state index contributed by atoms with van der Waals surface area (Å²) in [4.78, 5) is 10.1. The average molecular weight is 276 g/mol. The van der Waals surface area contributed by atoms with Crippen LogP contribution in [0.5, 0.6) is 0 Å². The van der Waals surface area contributed by atoms with Crippen LogP contribution in [0, 0.1) is 10.1 Å². The van der Waals surface area contributed by atoms with Gasteiger partial charge in [-0.1, -0.05) is 0 Å². The summed E-state index contributed by atoms with van der Waals surface area (Å²) in [6.45, 7) is 0. The fraction of sp³-hybridized carbons (Fsp3) is 0. The van der Waals surface area contributed by atoms with Gasteiger partial charge in [0.2, 0.25) is 0 Å². The third-order valence-corrected chi connectivity index (χ3v) is 2.18. The number of rotatable bonds is 2. The summed E-state index contributed by atoms with van der Waals surface area (Å²) < 4.78 is 0.413. The predicted molar refractivity (Wildman–Crippen MR) is 61.2 cm³/mol. The minimum absolute atomic E-state index is 0.0359. The second-order valence-corrected chi connectivity index (χ2v) is 3.71. The Balaban J connectivity index is 3.06. The van der Waals surface area contributed by atoms with Crippen molar-refractivity contribution in [3.8, 4) is 0 Å². The molecule has 0 atom stereocenters. The van der Waals surface area contributed by atoms with Gasteiger partial charge in [-0.2, -0.15) is 0 Å². The molecule has 74 valence electrons. The maximum atomic E-state index is 10.5. The standard InChI is InChI=1S/C7H6BrN3O2S/c8-5-2-1-4(10-7(9)14)3-6(5)11(12)13/h1-3H,(H3,9,10,14). The number of nitrogens with two attached hydrogens (primary N) is 1. The Morgan fingerprint density at radius 3 is 2.79 bits per heavy atom. The first-order valence-electron chi connectivity index (χ1n) is 3.51. The van der Waals surface area contributed by atoms with Crippen LogP contribution in [0.25, 0.3) is 0 Å². The van der Waals surface area contributed by atoms with Gasteiger partial charge < -0.3 is 11.1 Å². The van der Waals surface area contributed by atoms with Crippen LogP contribution >= 0.6 is 28.1 Å². The fourth-order valence-corrected chi connectivity index (χ4v) is 1.38. The summed E-state index contributed by atoms with van der Waals surface area (Å²) in [5.41, 5.74) is 5.68. The SMILES string of the molecule is NC(=S)Nc1ccc(Br)c([N+](=O)[O-])c1. The predicted octanol–water partition coefficient (Wildman–Crippen LogP) is 2.01. The fourth-order valence-electron chi connectivity index (χ4n) is 0.873. The lowest BCUT2D eigenvalue weighted by Gasteiger charge is -2.03. The number of thiocarbonyl (C=S) groups is 1. The molecule has 0 unspecified atom stereocenters. The first kappa shape index (κ1) is 10.9. The minimum Gasteiger partial charge on any atom is -0.376 e. The van der Waals surface area contributed by atoms with Crippen LogP contribution < -0.4 is 11.1 Å². The van der Waals surface area contributed by atoms with Gasteiger partial charge in [-0.3, -0.25) is 10.1 Å². The molecule has 0 spiro atoms. The Hall–Kier alpha value is -1.21. The number of hydrogen-bond donors (Lipinski definition) is 2. The van der Waals surface area contributed by atoms with Crippen molar-refractivity contribution in [2.24, 2.45) is 5.73 Å². The van der Waals surface area contributed by atoms with Crippen molar-refractivity contribution < 1.29 is 4.92 Å². The van der Waals surface area contributed by atoms with E-state index in [1.165, 1.54) is 6.07 Å². The van der Waals surface area contributed by atoms with Crippen LogP contribution in [0.3, 0.4) is 0 Å². The summed E-state index contributed by atoms with van der Waals surface area (Å²) >= 11 is 7.67. The monoisotopic (exact) mass is 275 g/mol. The average Bonchev–Trinajstić information content (AvgIpc) is 2.07. The van der Waals surface area contributed by atoms with E-state index in [0.717, 1.165) is 0 Å². The number of nitrogens with zero attached hydrogens (tertiary/aromatic N) is 1. The Kier molecular flexibility index (Phi) is 3.37. The van der Waals surface area contributed by atoms with Crippen LogP contribution in [0.2, 0.25) is 0 Å². The van der Waals surface area contributed by atoms with Gasteiger partial charge in [-0.25, -0.2) is 0 Å². The number of benzene rings is 1. The topological polar surface area (TPSA) is 81.2 Å². The Bertz CT molecular complexity index is 397. The quantitative estimate of drug-likeness (QED) is 0.490. The van der Waals surface area contributed by atoms with Gasteiger partial charge in [-0.15, -0.1) is 0 Å². The van der Waals surface area contributed by atoms with Gasteiger partial charge in [0.15, 0.2) is 5.11 Å². The molecule has 1 aromatic carbocycles. The Morgan fingerprint density at radius 1 is 1.64 bits per heavy atom. The molecule has 14 heavy (non-hydrogen) atoms. The van der Waals surface area contributed by atoms with E-state index in [2.05, 4.69) is 33.5 Å². The Labute approximate surface area is 93.6 Å². The molecule has 0 aromatic heterocycles. The first-order chi connectivity index (χ1) is 6.50.